The van der Waals surface area contributed by atoms with E-state index < -0.39 is 6.10 Å². The van der Waals surface area contributed by atoms with E-state index in [1.165, 1.54) is 39.8 Å². The second-order valence-electron chi connectivity index (χ2n) is 12.2. The Balaban J connectivity index is 0.000000174. The van der Waals surface area contributed by atoms with Crippen molar-refractivity contribution in [1.82, 2.24) is 10.6 Å². The molecular weight excluding hydrogens is 520 g/mol. The molecular formula is C37H42N2OS. The highest BCUT2D eigenvalue weighted by molar-refractivity contribution is 7.80. The van der Waals surface area contributed by atoms with E-state index in [1.54, 1.807) is 0 Å². The molecule has 0 unspecified atom stereocenters. The molecule has 41 heavy (non-hydrogen) atoms. The molecule has 0 bridgehead atoms. The molecule has 0 heterocycles. The molecule has 6 rings (SSSR count). The molecule has 2 aliphatic carbocycles. The molecule has 0 aromatic heterocycles. The smallest absolute Gasteiger partial charge is 0.167 e. The van der Waals surface area contributed by atoms with Crippen LogP contribution in [0.1, 0.15) is 90.3 Å². The molecule has 0 aliphatic heterocycles. The zero-order chi connectivity index (χ0) is 28.8. The van der Waals surface area contributed by atoms with Gasteiger partial charge in [-0.25, -0.2) is 0 Å². The Morgan fingerprint density at radius 3 is 1.34 bits per heavy atom. The number of benzene rings is 4. The van der Waals surface area contributed by atoms with Crippen LogP contribution in [0, 0.1) is 0 Å². The summed E-state index contributed by atoms with van der Waals surface area (Å²) in [4.78, 5) is 0. The lowest BCUT2D eigenvalue weighted by atomic mass is 9.85. The van der Waals surface area contributed by atoms with Crippen LogP contribution in [0.3, 0.4) is 0 Å². The molecule has 4 aromatic rings. The number of rotatable bonds is 1. The van der Waals surface area contributed by atoms with Crippen LogP contribution in [0.25, 0.3) is 0 Å². The zero-order valence-corrected chi connectivity index (χ0v) is 25.3. The molecule has 0 spiro atoms. The molecule has 3 N–H and O–H groups in total. The average molecular weight is 563 g/mol. The summed E-state index contributed by atoms with van der Waals surface area (Å²) in [5, 5.41) is 18.2. The molecule has 0 fully saturated rings. The fourth-order valence-corrected chi connectivity index (χ4v) is 6.51. The van der Waals surface area contributed by atoms with Gasteiger partial charge in [-0.2, -0.15) is 0 Å². The van der Waals surface area contributed by atoms with Gasteiger partial charge in [0.25, 0.3) is 0 Å². The quantitative estimate of drug-likeness (QED) is 0.207. The number of hydrogen-bond acceptors (Lipinski definition) is 2. The molecule has 3 nitrogen and oxygen atoms in total. The standard InChI is InChI=1S/C21H26N2S.C16H16O/c1-21(2,3)23-20(24)22-19-17-13-6-4-9-15(17)11-8-12-16-10-5-7-14-18(16)19;17-16-14-10-3-1-6-12(14)8-5-9-13-7-2-4-11-15(13)16/h4-7,9-10,13-14,19H,8,11-12H2,1-3H3,(H2,22,23,24);1-4,6-7,10-11,16-17H,5,8-9H2. The Kier molecular flexibility index (Phi) is 9.22. The second kappa shape index (κ2) is 13.0. The molecule has 0 saturated heterocycles. The first-order valence-electron chi connectivity index (χ1n) is 14.9. The summed E-state index contributed by atoms with van der Waals surface area (Å²) >= 11 is 5.60. The average Bonchev–Trinajstić information content (AvgIpc) is 2.95. The maximum Gasteiger partial charge on any atom is 0.167 e. The highest BCUT2D eigenvalue weighted by Gasteiger charge is 2.24. The third-order valence-electron chi connectivity index (χ3n) is 7.98. The Bertz CT molecular complexity index is 1390. The molecule has 0 radical (unpaired) electrons. The molecule has 4 aromatic carbocycles. The highest BCUT2D eigenvalue weighted by Crippen LogP contribution is 2.33. The van der Waals surface area contributed by atoms with Gasteiger partial charge in [0.1, 0.15) is 6.10 Å². The topological polar surface area (TPSA) is 44.3 Å². The number of hydrogen-bond donors (Lipinski definition) is 3. The predicted molar refractivity (Wildman–Crippen MR) is 174 cm³/mol. The van der Waals surface area contributed by atoms with Crippen molar-refractivity contribution in [1.29, 1.82) is 0 Å². The Morgan fingerprint density at radius 1 is 0.610 bits per heavy atom. The van der Waals surface area contributed by atoms with Crippen LogP contribution < -0.4 is 10.6 Å². The molecule has 0 atom stereocenters. The molecule has 4 heteroatoms. The van der Waals surface area contributed by atoms with E-state index >= 15 is 0 Å². The SMILES string of the molecule is CC(C)(C)NC(=S)NC1c2ccccc2CCCc2ccccc21.OC1c2ccccc2CCCc2ccccc21. The zero-order valence-electron chi connectivity index (χ0n) is 24.5. The summed E-state index contributed by atoms with van der Waals surface area (Å²) in [6, 6.07) is 34.0. The van der Waals surface area contributed by atoms with E-state index in [4.69, 9.17) is 12.2 Å². The van der Waals surface area contributed by atoms with Gasteiger partial charge in [-0.05, 0) is 116 Å². The van der Waals surface area contributed by atoms with Crippen LogP contribution in [0.4, 0.5) is 0 Å². The van der Waals surface area contributed by atoms with Crippen LogP contribution in [0.5, 0.6) is 0 Å². The van der Waals surface area contributed by atoms with Gasteiger partial charge in [-0.15, -0.1) is 0 Å². The lowest BCUT2D eigenvalue weighted by Gasteiger charge is -2.30. The van der Waals surface area contributed by atoms with Crippen LogP contribution >= 0.6 is 12.2 Å². The van der Waals surface area contributed by atoms with Gasteiger partial charge in [-0.3, -0.25) is 0 Å². The van der Waals surface area contributed by atoms with Gasteiger partial charge >= 0.3 is 0 Å². The van der Waals surface area contributed by atoms with Crippen molar-refractivity contribution in [2.24, 2.45) is 0 Å². The summed E-state index contributed by atoms with van der Waals surface area (Å²) in [7, 11) is 0. The summed E-state index contributed by atoms with van der Waals surface area (Å²) in [6.45, 7) is 6.38. The van der Waals surface area contributed by atoms with Crippen molar-refractivity contribution in [3.8, 4) is 0 Å². The van der Waals surface area contributed by atoms with Crippen molar-refractivity contribution in [2.75, 3.05) is 0 Å². The first kappa shape index (κ1) is 29.0. The number of aliphatic hydroxyl groups excluding tert-OH is 1. The van der Waals surface area contributed by atoms with Crippen LogP contribution in [0.15, 0.2) is 97.1 Å². The minimum atomic E-state index is -0.470. The molecule has 0 saturated carbocycles. The number of aliphatic hydroxyl groups is 1. The first-order valence-corrected chi connectivity index (χ1v) is 15.3. The normalized spacial score (nSPS) is 15.1. The van der Waals surface area contributed by atoms with Crippen LogP contribution in [-0.2, 0) is 25.7 Å². The summed E-state index contributed by atoms with van der Waals surface area (Å²) in [5.74, 6) is 0. The van der Waals surface area contributed by atoms with Gasteiger partial charge < -0.3 is 15.7 Å². The lowest BCUT2D eigenvalue weighted by Crippen LogP contribution is -2.47. The predicted octanol–water partition coefficient (Wildman–Crippen LogP) is 7.78. The van der Waals surface area contributed by atoms with Gasteiger partial charge in [-0.1, -0.05) is 97.1 Å². The third kappa shape index (κ3) is 7.25. The van der Waals surface area contributed by atoms with E-state index in [9.17, 15) is 5.11 Å². The van der Waals surface area contributed by atoms with E-state index in [0.717, 1.165) is 43.2 Å². The lowest BCUT2D eigenvalue weighted by molar-refractivity contribution is 0.217. The second-order valence-corrected chi connectivity index (χ2v) is 12.6. The summed E-state index contributed by atoms with van der Waals surface area (Å²) in [5.41, 5.74) is 10.2. The van der Waals surface area contributed by atoms with Crippen molar-refractivity contribution < 1.29 is 5.11 Å². The third-order valence-corrected chi connectivity index (χ3v) is 8.20. The molecule has 0 amide bonds. The van der Waals surface area contributed by atoms with Crippen molar-refractivity contribution in [2.45, 2.75) is 77.0 Å². The molecule has 2 aliphatic rings. The van der Waals surface area contributed by atoms with Crippen molar-refractivity contribution in [3.05, 3.63) is 142 Å². The fraction of sp³-hybridized carbons (Fsp3) is 0.324. The Morgan fingerprint density at radius 2 is 0.951 bits per heavy atom. The van der Waals surface area contributed by atoms with E-state index in [0.29, 0.717) is 5.11 Å². The Labute approximate surface area is 251 Å². The van der Waals surface area contributed by atoms with E-state index in [2.05, 4.69) is 104 Å². The van der Waals surface area contributed by atoms with Gasteiger partial charge in [0, 0.05) is 5.54 Å². The minimum Gasteiger partial charge on any atom is -0.384 e. The summed E-state index contributed by atoms with van der Waals surface area (Å²) < 4.78 is 0. The van der Waals surface area contributed by atoms with Crippen LogP contribution in [0.2, 0.25) is 0 Å². The van der Waals surface area contributed by atoms with Gasteiger partial charge in [0.2, 0.25) is 0 Å². The number of fused-ring (bicyclic) bond motifs is 4. The monoisotopic (exact) mass is 562 g/mol. The van der Waals surface area contributed by atoms with E-state index in [1.807, 2.05) is 24.3 Å². The largest absolute Gasteiger partial charge is 0.384 e. The van der Waals surface area contributed by atoms with E-state index in [-0.39, 0.29) is 11.6 Å². The number of aryl methyl sites for hydroxylation is 4. The molecule has 212 valence electrons. The fourth-order valence-electron chi connectivity index (χ4n) is 6.08. The minimum absolute atomic E-state index is 0.0509. The Hall–Kier alpha value is -3.47. The maximum absolute atomic E-state index is 10.5. The van der Waals surface area contributed by atoms with Gasteiger partial charge in [0.05, 0.1) is 6.04 Å². The highest BCUT2D eigenvalue weighted by atomic mass is 32.1. The van der Waals surface area contributed by atoms with Crippen molar-refractivity contribution in [3.63, 3.8) is 0 Å². The summed E-state index contributed by atoms with van der Waals surface area (Å²) in [6.07, 6.45) is 6.21. The maximum atomic E-state index is 10.5. The first-order chi connectivity index (χ1) is 19.8. The number of nitrogens with one attached hydrogen (secondary N) is 2. The number of thiocarbonyl (C=S) groups is 1. The van der Waals surface area contributed by atoms with Gasteiger partial charge in [0.15, 0.2) is 5.11 Å². The van der Waals surface area contributed by atoms with Crippen molar-refractivity contribution >= 4 is 17.3 Å². The van der Waals surface area contributed by atoms with Crippen LogP contribution in [-0.4, -0.2) is 15.8 Å².